The van der Waals surface area contributed by atoms with Gasteiger partial charge in [-0.25, -0.2) is 0 Å². The summed E-state index contributed by atoms with van der Waals surface area (Å²) >= 11 is 0. The molecule has 0 aromatic rings. The fourth-order valence-corrected chi connectivity index (χ4v) is 1.78. The summed E-state index contributed by atoms with van der Waals surface area (Å²) in [6, 6.07) is 0.860. The minimum Gasteiger partial charge on any atom is -0.395 e. The van der Waals surface area contributed by atoms with Gasteiger partial charge in [-0.05, 0) is 46.3 Å². The molecular weight excluding hydrogens is 188 g/mol. The second-order valence-corrected chi connectivity index (χ2v) is 4.36. The molecule has 0 aromatic carbocycles. The van der Waals surface area contributed by atoms with Gasteiger partial charge in [-0.3, -0.25) is 0 Å². The van der Waals surface area contributed by atoms with E-state index in [0.717, 1.165) is 26.1 Å². The Kier molecular flexibility index (Phi) is 9.06. The van der Waals surface area contributed by atoms with Crippen LogP contribution in [0.5, 0.6) is 0 Å². The molecule has 1 unspecified atom stereocenters. The van der Waals surface area contributed by atoms with Crippen LogP contribution in [0.1, 0.15) is 40.5 Å². The van der Waals surface area contributed by atoms with Crippen molar-refractivity contribution < 1.29 is 5.11 Å². The first-order chi connectivity index (χ1) is 7.15. The van der Waals surface area contributed by atoms with Crippen molar-refractivity contribution in [2.75, 3.05) is 26.2 Å². The summed E-state index contributed by atoms with van der Waals surface area (Å²) in [5.41, 5.74) is 0. The van der Waals surface area contributed by atoms with Gasteiger partial charge in [0, 0.05) is 12.1 Å². The third-order valence-electron chi connectivity index (χ3n) is 2.72. The maximum absolute atomic E-state index is 9.16. The number of nitrogens with zero attached hydrogens (tertiary/aromatic N) is 1. The smallest absolute Gasteiger partial charge is 0.0585 e. The van der Waals surface area contributed by atoms with Gasteiger partial charge in [-0.1, -0.05) is 13.8 Å². The SMILES string of the molecule is CCCN(CCC(CO)NCC)C(C)C. The molecule has 0 rings (SSSR count). The molecule has 2 N–H and O–H groups in total. The highest BCUT2D eigenvalue weighted by Crippen LogP contribution is 2.03. The molecule has 0 bridgehead atoms. The number of hydrogen-bond acceptors (Lipinski definition) is 3. The second kappa shape index (κ2) is 9.13. The van der Waals surface area contributed by atoms with E-state index in [1.165, 1.54) is 6.42 Å². The molecule has 0 aliphatic carbocycles. The van der Waals surface area contributed by atoms with Gasteiger partial charge in [0.25, 0.3) is 0 Å². The lowest BCUT2D eigenvalue weighted by Gasteiger charge is -2.27. The third kappa shape index (κ3) is 6.88. The van der Waals surface area contributed by atoms with Crippen molar-refractivity contribution in [3.63, 3.8) is 0 Å². The van der Waals surface area contributed by atoms with Crippen LogP contribution in [-0.4, -0.2) is 48.3 Å². The molecule has 0 saturated carbocycles. The van der Waals surface area contributed by atoms with Gasteiger partial charge < -0.3 is 15.3 Å². The Morgan fingerprint density at radius 1 is 1.20 bits per heavy atom. The summed E-state index contributed by atoms with van der Waals surface area (Å²) in [5.74, 6) is 0. The third-order valence-corrected chi connectivity index (χ3v) is 2.72. The normalized spacial score (nSPS) is 13.8. The number of aliphatic hydroxyl groups is 1. The van der Waals surface area contributed by atoms with Crippen molar-refractivity contribution in [2.24, 2.45) is 0 Å². The van der Waals surface area contributed by atoms with E-state index in [4.69, 9.17) is 5.11 Å². The van der Waals surface area contributed by atoms with Gasteiger partial charge in [0.15, 0.2) is 0 Å². The molecule has 0 spiro atoms. The lowest BCUT2D eigenvalue weighted by Crippen LogP contribution is -2.39. The van der Waals surface area contributed by atoms with E-state index in [1.54, 1.807) is 0 Å². The highest BCUT2D eigenvalue weighted by molar-refractivity contribution is 4.69. The van der Waals surface area contributed by atoms with Gasteiger partial charge in [-0.15, -0.1) is 0 Å². The van der Waals surface area contributed by atoms with Crippen LogP contribution < -0.4 is 5.32 Å². The first kappa shape index (κ1) is 14.9. The quantitative estimate of drug-likeness (QED) is 0.612. The van der Waals surface area contributed by atoms with Crippen molar-refractivity contribution in [1.82, 2.24) is 10.2 Å². The molecule has 0 aromatic heterocycles. The van der Waals surface area contributed by atoms with Gasteiger partial charge in [0.1, 0.15) is 0 Å². The fraction of sp³-hybridized carbons (Fsp3) is 1.00. The first-order valence-electron chi connectivity index (χ1n) is 6.23. The highest BCUT2D eigenvalue weighted by atomic mass is 16.3. The second-order valence-electron chi connectivity index (χ2n) is 4.36. The Hall–Kier alpha value is -0.120. The van der Waals surface area contributed by atoms with Crippen molar-refractivity contribution in [3.8, 4) is 0 Å². The largest absolute Gasteiger partial charge is 0.395 e. The molecular formula is C12H28N2O. The maximum Gasteiger partial charge on any atom is 0.0585 e. The van der Waals surface area contributed by atoms with Crippen LogP contribution in [0.25, 0.3) is 0 Å². The Morgan fingerprint density at radius 3 is 2.27 bits per heavy atom. The summed E-state index contributed by atoms with van der Waals surface area (Å²) in [4.78, 5) is 2.47. The zero-order chi connectivity index (χ0) is 11.7. The summed E-state index contributed by atoms with van der Waals surface area (Å²) in [7, 11) is 0. The predicted octanol–water partition coefficient (Wildman–Crippen LogP) is 1.47. The molecule has 1 atom stereocenters. The summed E-state index contributed by atoms with van der Waals surface area (Å²) in [6.07, 6.45) is 2.23. The van der Waals surface area contributed by atoms with Crippen LogP contribution in [0.2, 0.25) is 0 Å². The van der Waals surface area contributed by atoms with Crippen LogP contribution in [0.4, 0.5) is 0 Å². The lowest BCUT2D eigenvalue weighted by molar-refractivity contribution is 0.184. The first-order valence-corrected chi connectivity index (χ1v) is 6.23. The van der Waals surface area contributed by atoms with E-state index < -0.39 is 0 Å². The molecule has 0 aliphatic heterocycles. The number of nitrogens with one attached hydrogen (secondary N) is 1. The zero-order valence-electron chi connectivity index (χ0n) is 10.8. The molecule has 0 radical (unpaired) electrons. The molecule has 0 amide bonds. The average Bonchev–Trinajstić information content (AvgIpc) is 2.21. The Morgan fingerprint density at radius 2 is 1.87 bits per heavy atom. The van der Waals surface area contributed by atoms with Gasteiger partial charge in [-0.2, -0.15) is 0 Å². The predicted molar refractivity (Wildman–Crippen MR) is 66.2 cm³/mol. The van der Waals surface area contributed by atoms with Crippen LogP contribution in [0.15, 0.2) is 0 Å². The molecule has 0 fully saturated rings. The monoisotopic (exact) mass is 216 g/mol. The van der Waals surface area contributed by atoms with Crippen molar-refractivity contribution in [1.29, 1.82) is 0 Å². The Labute approximate surface area is 94.9 Å². The minimum absolute atomic E-state index is 0.242. The summed E-state index contributed by atoms with van der Waals surface area (Å²) < 4.78 is 0. The van der Waals surface area contributed by atoms with Gasteiger partial charge in [0.2, 0.25) is 0 Å². The number of rotatable bonds is 9. The molecule has 3 nitrogen and oxygen atoms in total. The van der Waals surface area contributed by atoms with Crippen molar-refractivity contribution in [3.05, 3.63) is 0 Å². The van der Waals surface area contributed by atoms with E-state index in [2.05, 4.69) is 37.9 Å². The number of likely N-dealkylation sites (N-methyl/N-ethyl adjacent to an activating group) is 1. The standard InChI is InChI=1S/C12H28N2O/c1-5-8-14(11(3)4)9-7-12(10-15)13-6-2/h11-13,15H,5-10H2,1-4H3. The summed E-state index contributed by atoms with van der Waals surface area (Å²) in [6.45, 7) is 12.2. The van der Waals surface area contributed by atoms with Crippen LogP contribution in [-0.2, 0) is 0 Å². The highest BCUT2D eigenvalue weighted by Gasteiger charge is 2.11. The fourth-order valence-electron chi connectivity index (χ4n) is 1.78. The Bertz CT molecular complexity index is 140. The zero-order valence-corrected chi connectivity index (χ0v) is 10.8. The van der Waals surface area contributed by atoms with E-state index in [9.17, 15) is 0 Å². The van der Waals surface area contributed by atoms with E-state index >= 15 is 0 Å². The van der Waals surface area contributed by atoms with E-state index in [1.807, 2.05) is 0 Å². The molecule has 0 aliphatic rings. The number of hydrogen-bond donors (Lipinski definition) is 2. The number of aliphatic hydroxyl groups excluding tert-OH is 1. The van der Waals surface area contributed by atoms with Crippen LogP contribution in [0.3, 0.4) is 0 Å². The summed E-state index contributed by atoms with van der Waals surface area (Å²) in [5, 5.41) is 12.4. The molecule has 92 valence electrons. The molecule has 0 saturated heterocycles. The topological polar surface area (TPSA) is 35.5 Å². The van der Waals surface area contributed by atoms with Crippen LogP contribution in [0, 0.1) is 0 Å². The minimum atomic E-state index is 0.242. The Balaban J connectivity index is 3.84. The van der Waals surface area contributed by atoms with E-state index in [0.29, 0.717) is 6.04 Å². The van der Waals surface area contributed by atoms with Crippen molar-refractivity contribution in [2.45, 2.75) is 52.6 Å². The average molecular weight is 216 g/mol. The van der Waals surface area contributed by atoms with Crippen LogP contribution >= 0.6 is 0 Å². The van der Waals surface area contributed by atoms with Gasteiger partial charge in [0.05, 0.1) is 6.61 Å². The molecule has 15 heavy (non-hydrogen) atoms. The van der Waals surface area contributed by atoms with E-state index in [-0.39, 0.29) is 12.6 Å². The maximum atomic E-state index is 9.16. The molecule has 3 heteroatoms. The van der Waals surface area contributed by atoms with Gasteiger partial charge >= 0.3 is 0 Å². The van der Waals surface area contributed by atoms with Crippen molar-refractivity contribution >= 4 is 0 Å². The molecule has 0 heterocycles. The lowest BCUT2D eigenvalue weighted by atomic mass is 10.2.